The highest BCUT2D eigenvalue weighted by atomic mass is 19.1. The van der Waals surface area contributed by atoms with Crippen molar-refractivity contribution in [3.63, 3.8) is 0 Å². The molecule has 3 rings (SSSR count). The second kappa shape index (κ2) is 8.52. The normalized spacial score (nSPS) is 11.1. The summed E-state index contributed by atoms with van der Waals surface area (Å²) in [6, 6.07) is 9.17. The van der Waals surface area contributed by atoms with Crippen LogP contribution in [0, 0.1) is 5.82 Å². The summed E-state index contributed by atoms with van der Waals surface area (Å²) in [5, 5.41) is 20.0. The quantitative estimate of drug-likeness (QED) is 0.485. The lowest BCUT2D eigenvalue weighted by Crippen LogP contribution is -2.06. The third kappa shape index (κ3) is 4.57. The molecule has 1 aromatic heterocycles. The molecular formula is C22H18FNO5. The number of fused-ring (bicyclic) bond motifs is 1. The van der Waals surface area contributed by atoms with Crippen LogP contribution >= 0.6 is 0 Å². The first-order valence-electron chi connectivity index (χ1n) is 8.86. The lowest BCUT2D eigenvalue weighted by Gasteiger charge is -2.11. The molecule has 0 fully saturated rings. The average Bonchev–Trinajstić information content (AvgIpc) is 2.69. The van der Waals surface area contributed by atoms with Gasteiger partial charge in [-0.2, -0.15) is 0 Å². The van der Waals surface area contributed by atoms with Crippen LogP contribution < -0.4 is 0 Å². The van der Waals surface area contributed by atoms with Gasteiger partial charge in [0.15, 0.2) is 5.75 Å². The second-order valence-electron chi connectivity index (χ2n) is 6.30. The number of carboxylic acid groups (broad SMARTS) is 1. The number of carboxylic acids is 1. The molecule has 7 heteroatoms. The molecule has 148 valence electrons. The summed E-state index contributed by atoms with van der Waals surface area (Å²) >= 11 is 0. The van der Waals surface area contributed by atoms with E-state index in [4.69, 9.17) is 9.84 Å². The van der Waals surface area contributed by atoms with Crippen LogP contribution in [0.15, 0.2) is 48.7 Å². The molecule has 6 nitrogen and oxygen atoms in total. The Hall–Kier alpha value is -3.74. The maximum Gasteiger partial charge on any atom is 0.342 e. The maximum atomic E-state index is 13.1. The van der Waals surface area contributed by atoms with Gasteiger partial charge in [0.2, 0.25) is 0 Å². The molecule has 2 N–H and O–H groups in total. The molecule has 2 aromatic carbocycles. The average molecular weight is 395 g/mol. The van der Waals surface area contributed by atoms with Crippen LogP contribution in [0.25, 0.3) is 17.0 Å². The van der Waals surface area contributed by atoms with E-state index < -0.39 is 11.9 Å². The Morgan fingerprint density at radius 3 is 2.55 bits per heavy atom. The lowest BCUT2D eigenvalue weighted by molar-refractivity contribution is -0.131. The molecule has 0 radical (unpaired) electrons. The molecule has 0 saturated carbocycles. The van der Waals surface area contributed by atoms with E-state index in [1.165, 1.54) is 24.3 Å². The van der Waals surface area contributed by atoms with Crippen LogP contribution in [0.2, 0.25) is 0 Å². The Morgan fingerprint density at radius 2 is 1.90 bits per heavy atom. The van der Waals surface area contributed by atoms with E-state index in [9.17, 15) is 19.1 Å². The van der Waals surface area contributed by atoms with Crippen molar-refractivity contribution in [2.75, 3.05) is 6.61 Å². The Kier molecular flexibility index (Phi) is 5.87. The van der Waals surface area contributed by atoms with Gasteiger partial charge in [0, 0.05) is 17.7 Å². The predicted molar refractivity (Wildman–Crippen MR) is 105 cm³/mol. The van der Waals surface area contributed by atoms with E-state index in [0.717, 1.165) is 17.2 Å². The summed E-state index contributed by atoms with van der Waals surface area (Å²) in [6.07, 6.45) is 4.28. The molecule has 0 aliphatic rings. The molecular weight excluding hydrogens is 377 g/mol. The summed E-state index contributed by atoms with van der Waals surface area (Å²) < 4.78 is 18.1. The van der Waals surface area contributed by atoms with E-state index >= 15 is 0 Å². The third-order valence-electron chi connectivity index (χ3n) is 4.26. The van der Waals surface area contributed by atoms with Crippen molar-refractivity contribution in [1.82, 2.24) is 4.98 Å². The minimum absolute atomic E-state index is 0.0943. The second-order valence-corrected chi connectivity index (χ2v) is 6.30. The van der Waals surface area contributed by atoms with Crippen LogP contribution in [-0.2, 0) is 16.0 Å². The summed E-state index contributed by atoms with van der Waals surface area (Å²) in [5.41, 5.74) is 2.10. The first-order valence-corrected chi connectivity index (χ1v) is 8.86. The van der Waals surface area contributed by atoms with Crippen molar-refractivity contribution in [1.29, 1.82) is 0 Å². The molecule has 29 heavy (non-hydrogen) atoms. The number of carbonyl (C=O) groups excluding carboxylic acids is 1. The van der Waals surface area contributed by atoms with Gasteiger partial charge in [-0.3, -0.25) is 4.98 Å². The van der Waals surface area contributed by atoms with Crippen LogP contribution in [0.1, 0.15) is 34.0 Å². The molecule has 0 bridgehead atoms. The largest absolute Gasteiger partial charge is 0.505 e. The summed E-state index contributed by atoms with van der Waals surface area (Å²) in [6.45, 7) is 1.77. The minimum Gasteiger partial charge on any atom is -0.505 e. The number of aromatic nitrogens is 1. The fourth-order valence-corrected chi connectivity index (χ4v) is 2.94. The standard InChI is InChI=1S/C22H18FNO5/c1-2-29-22(28)18-11-15(5-8-19(25)26)17-10-14(12-24-20(17)21(18)27)9-13-3-6-16(23)7-4-13/h3-8,10-12,27H,2,9H2,1H3,(H,25,26). The Balaban J connectivity index is 2.12. The zero-order valence-corrected chi connectivity index (χ0v) is 15.6. The smallest absolute Gasteiger partial charge is 0.342 e. The van der Waals surface area contributed by atoms with Crippen molar-refractivity contribution < 1.29 is 28.9 Å². The first kappa shape index (κ1) is 20.0. The molecule has 3 aromatic rings. The predicted octanol–water partition coefficient (Wildman–Crippen LogP) is 3.94. The molecule has 1 heterocycles. The first-order chi connectivity index (χ1) is 13.9. The number of aromatic hydroxyl groups is 1. The van der Waals surface area contributed by atoms with Crippen molar-refractivity contribution in [2.45, 2.75) is 13.3 Å². The highest BCUT2D eigenvalue weighted by Crippen LogP contribution is 2.32. The summed E-state index contributed by atoms with van der Waals surface area (Å²) in [5.74, 6) is -2.55. The number of phenols is 1. The molecule has 0 saturated heterocycles. The summed E-state index contributed by atoms with van der Waals surface area (Å²) in [7, 11) is 0. The SMILES string of the molecule is CCOC(=O)c1cc(C=CC(=O)O)c2cc(Cc3ccc(F)cc3)cnc2c1O. The Labute approximate surface area is 165 Å². The van der Waals surface area contributed by atoms with Gasteiger partial charge in [-0.25, -0.2) is 14.0 Å². The number of pyridine rings is 1. The van der Waals surface area contributed by atoms with Crippen molar-refractivity contribution in [3.05, 3.63) is 76.7 Å². The molecule has 0 spiro atoms. The molecule has 0 aliphatic carbocycles. The number of hydrogen-bond donors (Lipinski definition) is 2. The Morgan fingerprint density at radius 1 is 1.17 bits per heavy atom. The Bertz CT molecular complexity index is 1110. The van der Waals surface area contributed by atoms with Crippen LogP contribution in [0.4, 0.5) is 4.39 Å². The number of benzene rings is 2. The van der Waals surface area contributed by atoms with Gasteiger partial charge in [-0.1, -0.05) is 12.1 Å². The van der Waals surface area contributed by atoms with Gasteiger partial charge in [0.05, 0.1) is 6.61 Å². The number of aliphatic carboxylic acids is 1. The number of hydrogen-bond acceptors (Lipinski definition) is 5. The lowest BCUT2D eigenvalue weighted by atomic mass is 9.99. The van der Waals surface area contributed by atoms with E-state index in [1.54, 1.807) is 31.3 Å². The highest BCUT2D eigenvalue weighted by molar-refractivity contribution is 6.04. The molecule has 0 aliphatic heterocycles. The molecule has 0 atom stereocenters. The van der Waals surface area contributed by atoms with Crippen molar-refractivity contribution in [2.24, 2.45) is 0 Å². The van der Waals surface area contributed by atoms with Gasteiger partial charge in [-0.15, -0.1) is 0 Å². The molecule has 0 amide bonds. The van der Waals surface area contributed by atoms with Gasteiger partial charge >= 0.3 is 11.9 Å². The highest BCUT2D eigenvalue weighted by Gasteiger charge is 2.19. The summed E-state index contributed by atoms with van der Waals surface area (Å²) in [4.78, 5) is 27.4. The van der Waals surface area contributed by atoms with Gasteiger partial charge in [0.25, 0.3) is 0 Å². The number of halogens is 1. The van der Waals surface area contributed by atoms with Gasteiger partial charge in [-0.05, 0) is 60.4 Å². The topological polar surface area (TPSA) is 96.7 Å². The van der Waals surface area contributed by atoms with Gasteiger partial charge < -0.3 is 14.9 Å². The van der Waals surface area contributed by atoms with E-state index in [-0.39, 0.29) is 29.3 Å². The van der Waals surface area contributed by atoms with Crippen molar-refractivity contribution >= 4 is 28.9 Å². The fraction of sp³-hybridized carbons (Fsp3) is 0.136. The zero-order chi connectivity index (χ0) is 21.0. The number of phenolic OH excluding ortho intramolecular Hbond substituents is 1. The van der Waals surface area contributed by atoms with E-state index in [1.807, 2.05) is 0 Å². The monoisotopic (exact) mass is 395 g/mol. The third-order valence-corrected chi connectivity index (χ3v) is 4.26. The number of esters is 1. The number of nitrogens with zero attached hydrogens (tertiary/aromatic N) is 1. The maximum absolute atomic E-state index is 13.1. The number of ether oxygens (including phenoxy) is 1. The fourth-order valence-electron chi connectivity index (χ4n) is 2.94. The number of carbonyl (C=O) groups is 2. The molecule has 0 unspecified atom stereocenters. The van der Waals surface area contributed by atoms with E-state index in [2.05, 4.69) is 4.98 Å². The van der Waals surface area contributed by atoms with Crippen LogP contribution in [0.5, 0.6) is 5.75 Å². The van der Waals surface area contributed by atoms with Crippen LogP contribution in [0.3, 0.4) is 0 Å². The zero-order valence-electron chi connectivity index (χ0n) is 15.6. The van der Waals surface area contributed by atoms with E-state index in [0.29, 0.717) is 17.4 Å². The number of rotatable bonds is 6. The van der Waals surface area contributed by atoms with Crippen LogP contribution in [-0.4, -0.2) is 33.7 Å². The van der Waals surface area contributed by atoms with Gasteiger partial charge in [0.1, 0.15) is 16.9 Å². The van der Waals surface area contributed by atoms with Crippen molar-refractivity contribution in [3.8, 4) is 5.75 Å². The minimum atomic E-state index is -1.15.